The summed E-state index contributed by atoms with van der Waals surface area (Å²) >= 11 is 0. The number of nitrogens with one attached hydrogen (secondary N) is 1. The van der Waals surface area contributed by atoms with Gasteiger partial charge in [0.05, 0.1) is 5.92 Å². The highest BCUT2D eigenvalue weighted by molar-refractivity contribution is 5.83. The van der Waals surface area contributed by atoms with Crippen LogP contribution in [0.4, 0.5) is 0 Å². The highest BCUT2D eigenvalue weighted by Crippen LogP contribution is 2.18. The van der Waals surface area contributed by atoms with E-state index >= 15 is 0 Å². The third kappa shape index (κ3) is 4.15. The van der Waals surface area contributed by atoms with E-state index in [1.54, 1.807) is 12.4 Å². The summed E-state index contributed by atoms with van der Waals surface area (Å²) in [7, 11) is 0. The van der Waals surface area contributed by atoms with Crippen LogP contribution in [0.25, 0.3) is 0 Å². The van der Waals surface area contributed by atoms with Gasteiger partial charge in [-0.2, -0.15) is 0 Å². The molecule has 0 aromatic carbocycles. The van der Waals surface area contributed by atoms with Crippen LogP contribution in [0.2, 0.25) is 0 Å². The Balaban J connectivity index is 2.75. The maximum absolute atomic E-state index is 12.1. The minimum atomic E-state index is -0.169. The first kappa shape index (κ1) is 13.6. The van der Waals surface area contributed by atoms with Crippen molar-refractivity contribution in [3.63, 3.8) is 0 Å². The maximum Gasteiger partial charge on any atom is 0.227 e. The molecule has 1 heterocycles. The molecule has 0 saturated carbocycles. The SMILES string of the molecule is CCC(C)NC(=O)C(CCN)c1ccncc1. The fraction of sp³-hybridized carbons (Fsp3) is 0.538. The number of amides is 1. The predicted octanol–water partition coefficient (Wildman–Crippen LogP) is 1.43. The van der Waals surface area contributed by atoms with Crippen molar-refractivity contribution < 1.29 is 4.79 Å². The number of nitrogens with two attached hydrogens (primary N) is 1. The Kier molecular flexibility index (Phi) is 5.63. The maximum atomic E-state index is 12.1. The van der Waals surface area contributed by atoms with Gasteiger partial charge < -0.3 is 11.1 Å². The normalized spacial score (nSPS) is 14.1. The molecule has 4 nitrogen and oxygen atoms in total. The Labute approximate surface area is 103 Å². The molecule has 1 rings (SSSR count). The van der Waals surface area contributed by atoms with Gasteiger partial charge in [0.25, 0.3) is 0 Å². The molecule has 0 radical (unpaired) electrons. The molecule has 0 fully saturated rings. The monoisotopic (exact) mass is 235 g/mol. The van der Waals surface area contributed by atoms with Crippen molar-refractivity contribution in [2.24, 2.45) is 5.73 Å². The van der Waals surface area contributed by atoms with Gasteiger partial charge in [0.2, 0.25) is 5.91 Å². The fourth-order valence-corrected chi connectivity index (χ4v) is 1.66. The molecule has 1 aromatic heterocycles. The summed E-state index contributed by atoms with van der Waals surface area (Å²) in [6.45, 7) is 4.56. The summed E-state index contributed by atoms with van der Waals surface area (Å²) in [6.07, 6.45) is 4.99. The second kappa shape index (κ2) is 7.01. The highest BCUT2D eigenvalue weighted by Gasteiger charge is 2.20. The van der Waals surface area contributed by atoms with E-state index in [1.807, 2.05) is 19.1 Å². The number of pyridine rings is 1. The zero-order valence-electron chi connectivity index (χ0n) is 10.5. The van der Waals surface area contributed by atoms with Gasteiger partial charge >= 0.3 is 0 Å². The van der Waals surface area contributed by atoms with Gasteiger partial charge in [-0.15, -0.1) is 0 Å². The fourth-order valence-electron chi connectivity index (χ4n) is 1.66. The average molecular weight is 235 g/mol. The van der Waals surface area contributed by atoms with Crippen molar-refractivity contribution in [1.82, 2.24) is 10.3 Å². The summed E-state index contributed by atoms with van der Waals surface area (Å²) in [6, 6.07) is 3.94. The number of rotatable bonds is 6. The zero-order valence-corrected chi connectivity index (χ0v) is 10.5. The van der Waals surface area contributed by atoms with Crippen molar-refractivity contribution in [3.05, 3.63) is 30.1 Å². The van der Waals surface area contributed by atoms with Gasteiger partial charge in [0.15, 0.2) is 0 Å². The van der Waals surface area contributed by atoms with Crippen LogP contribution in [0.3, 0.4) is 0 Å². The Morgan fingerprint density at radius 3 is 2.65 bits per heavy atom. The standard InChI is InChI=1S/C13H21N3O/c1-3-10(2)16-13(17)12(4-7-14)11-5-8-15-9-6-11/h5-6,8-10,12H,3-4,7,14H2,1-2H3,(H,16,17). The van der Waals surface area contributed by atoms with E-state index in [0.717, 1.165) is 12.0 Å². The quantitative estimate of drug-likeness (QED) is 0.783. The third-order valence-electron chi connectivity index (χ3n) is 2.88. The molecule has 0 aliphatic rings. The lowest BCUT2D eigenvalue weighted by molar-refractivity contribution is -0.123. The molecule has 0 saturated heterocycles. The number of carbonyl (C=O) groups is 1. The van der Waals surface area contributed by atoms with Crippen molar-refractivity contribution >= 4 is 5.91 Å². The van der Waals surface area contributed by atoms with Crippen LogP contribution in [0.15, 0.2) is 24.5 Å². The topological polar surface area (TPSA) is 68.0 Å². The predicted molar refractivity (Wildman–Crippen MR) is 68.5 cm³/mol. The molecular weight excluding hydrogens is 214 g/mol. The van der Waals surface area contributed by atoms with Crippen LogP contribution in [-0.4, -0.2) is 23.5 Å². The first-order valence-electron chi connectivity index (χ1n) is 6.09. The van der Waals surface area contributed by atoms with E-state index in [9.17, 15) is 4.79 Å². The lowest BCUT2D eigenvalue weighted by atomic mass is 9.95. The molecule has 2 atom stereocenters. The number of hydrogen-bond acceptors (Lipinski definition) is 3. The average Bonchev–Trinajstić information content (AvgIpc) is 2.36. The van der Waals surface area contributed by atoms with Crippen molar-refractivity contribution in [1.29, 1.82) is 0 Å². The Hall–Kier alpha value is -1.42. The first-order chi connectivity index (χ1) is 8.19. The molecule has 1 amide bonds. The highest BCUT2D eigenvalue weighted by atomic mass is 16.1. The number of aromatic nitrogens is 1. The van der Waals surface area contributed by atoms with E-state index in [1.165, 1.54) is 0 Å². The molecule has 0 aliphatic carbocycles. The summed E-state index contributed by atoms with van der Waals surface area (Å²) in [5, 5.41) is 3.00. The van der Waals surface area contributed by atoms with Crippen LogP contribution >= 0.6 is 0 Å². The Morgan fingerprint density at radius 2 is 2.12 bits per heavy atom. The van der Waals surface area contributed by atoms with E-state index < -0.39 is 0 Å². The van der Waals surface area contributed by atoms with Crippen LogP contribution in [0.5, 0.6) is 0 Å². The summed E-state index contributed by atoms with van der Waals surface area (Å²) in [5.74, 6) is -0.118. The molecular formula is C13H21N3O. The summed E-state index contributed by atoms with van der Waals surface area (Å²) in [5.41, 5.74) is 6.55. The number of carbonyl (C=O) groups excluding carboxylic acids is 1. The minimum Gasteiger partial charge on any atom is -0.353 e. The largest absolute Gasteiger partial charge is 0.353 e. The van der Waals surface area contributed by atoms with E-state index in [4.69, 9.17) is 5.73 Å². The van der Waals surface area contributed by atoms with E-state index in [0.29, 0.717) is 13.0 Å². The second-order valence-corrected chi connectivity index (χ2v) is 4.23. The molecule has 0 spiro atoms. The van der Waals surface area contributed by atoms with Crippen molar-refractivity contribution in [3.8, 4) is 0 Å². The van der Waals surface area contributed by atoms with Crippen LogP contribution in [-0.2, 0) is 4.79 Å². The molecule has 3 N–H and O–H groups in total. The molecule has 0 aliphatic heterocycles. The van der Waals surface area contributed by atoms with Crippen molar-refractivity contribution in [2.75, 3.05) is 6.54 Å². The van der Waals surface area contributed by atoms with Crippen LogP contribution < -0.4 is 11.1 Å². The van der Waals surface area contributed by atoms with Gasteiger partial charge in [0.1, 0.15) is 0 Å². The minimum absolute atomic E-state index is 0.0519. The van der Waals surface area contributed by atoms with Gasteiger partial charge in [-0.3, -0.25) is 9.78 Å². The molecule has 94 valence electrons. The summed E-state index contributed by atoms with van der Waals surface area (Å²) < 4.78 is 0. The van der Waals surface area contributed by atoms with E-state index in [2.05, 4.69) is 17.2 Å². The first-order valence-corrected chi connectivity index (χ1v) is 6.09. The lowest BCUT2D eigenvalue weighted by Crippen LogP contribution is -2.36. The summed E-state index contributed by atoms with van der Waals surface area (Å²) in [4.78, 5) is 16.1. The lowest BCUT2D eigenvalue weighted by Gasteiger charge is -2.19. The zero-order chi connectivity index (χ0) is 12.7. The second-order valence-electron chi connectivity index (χ2n) is 4.23. The number of nitrogens with zero attached hydrogens (tertiary/aromatic N) is 1. The van der Waals surface area contributed by atoms with E-state index in [-0.39, 0.29) is 17.9 Å². The molecule has 17 heavy (non-hydrogen) atoms. The number of hydrogen-bond donors (Lipinski definition) is 2. The molecule has 1 aromatic rings. The third-order valence-corrected chi connectivity index (χ3v) is 2.88. The van der Waals surface area contributed by atoms with Gasteiger partial charge in [-0.05, 0) is 44.0 Å². The van der Waals surface area contributed by atoms with Gasteiger partial charge in [0, 0.05) is 18.4 Å². The molecule has 2 unspecified atom stereocenters. The van der Waals surface area contributed by atoms with Gasteiger partial charge in [-0.25, -0.2) is 0 Å². The van der Waals surface area contributed by atoms with Gasteiger partial charge in [-0.1, -0.05) is 6.92 Å². The smallest absolute Gasteiger partial charge is 0.227 e. The molecule has 0 bridgehead atoms. The van der Waals surface area contributed by atoms with Crippen LogP contribution in [0, 0.1) is 0 Å². The Bertz CT molecular complexity index is 340. The Morgan fingerprint density at radius 1 is 1.47 bits per heavy atom. The van der Waals surface area contributed by atoms with Crippen LogP contribution in [0.1, 0.15) is 38.2 Å². The van der Waals surface area contributed by atoms with Crippen molar-refractivity contribution in [2.45, 2.75) is 38.6 Å². The molecule has 4 heteroatoms.